The van der Waals surface area contributed by atoms with E-state index in [-0.39, 0.29) is 6.04 Å². The standard InChI is InChI=1S/C14H22N4S/c1-3-13(4-2)18-7-5-12(17-18)9-14(16-15)11-6-8-19-10-11/h5-8,10,13-14,16H,3-4,9,15H2,1-2H3. The van der Waals surface area contributed by atoms with Gasteiger partial charge in [0, 0.05) is 12.6 Å². The molecule has 2 aromatic heterocycles. The van der Waals surface area contributed by atoms with Crippen LogP contribution >= 0.6 is 11.3 Å². The van der Waals surface area contributed by atoms with Crippen LogP contribution in [0.5, 0.6) is 0 Å². The third kappa shape index (κ3) is 3.43. The van der Waals surface area contributed by atoms with E-state index in [2.05, 4.69) is 58.1 Å². The van der Waals surface area contributed by atoms with Crippen molar-refractivity contribution >= 4 is 11.3 Å². The van der Waals surface area contributed by atoms with Crippen LogP contribution in [0.4, 0.5) is 0 Å². The smallest absolute Gasteiger partial charge is 0.0644 e. The minimum atomic E-state index is 0.135. The predicted molar refractivity (Wildman–Crippen MR) is 79.9 cm³/mol. The molecule has 0 aliphatic carbocycles. The molecule has 104 valence electrons. The molecule has 1 unspecified atom stereocenters. The summed E-state index contributed by atoms with van der Waals surface area (Å²) in [6.07, 6.45) is 5.12. The highest BCUT2D eigenvalue weighted by molar-refractivity contribution is 7.07. The Labute approximate surface area is 118 Å². The summed E-state index contributed by atoms with van der Waals surface area (Å²) < 4.78 is 2.08. The van der Waals surface area contributed by atoms with E-state index in [4.69, 9.17) is 5.84 Å². The molecule has 4 nitrogen and oxygen atoms in total. The molecular formula is C14H22N4S. The molecule has 0 radical (unpaired) electrons. The molecule has 0 aromatic carbocycles. The van der Waals surface area contributed by atoms with Gasteiger partial charge in [-0.2, -0.15) is 16.4 Å². The maximum atomic E-state index is 5.65. The Kier molecular flexibility index (Phi) is 5.13. The van der Waals surface area contributed by atoms with Crippen molar-refractivity contribution in [1.82, 2.24) is 15.2 Å². The lowest BCUT2D eigenvalue weighted by atomic mass is 10.1. The van der Waals surface area contributed by atoms with Crippen LogP contribution in [0.3, 0.4) is 0 Å². The minimum absolute atomic E-state index is 0.135. The van der Waals surface area contributed by atoms with E-state index in [1.807, 2.05) is 0 Å². The maximum absolute atomic E-state index is 5.65. The molecule has 19 heavy (non-hydrogen) atoms. The second-order valence-corrected chi connectivity index (χ2v) is 5.52. The van der Waals surface area contributed by atoms with Crippen LogP contribution in [0.25, 0.3) is 0 Å². The monoisotopic (exact) mass is 278 g/mol. The lowest BCUT2D eigenvalue weighted by molar-refractivity contribution is 0.422. The molecule has 0 saturated carbocycles. The summed E-state index contributed by atoms with van der Waals surface area (Å²) in [5.41, 5.74) is 5.19. The molecule has 3 N–H and O–H groups in total. The highest BCUT2D eigenvalue weighted by atomic mass is 32.1. The Morgan fingerprint density at radius 2 is 2.16 bits per heavy atom. The highest BCUT2D eigenvalue weighted by Crippen LogP contribution is 2.21. The van der Waals surface area contributed by atoms with E-state index < -0.39 is 0 Å². The van der Waals surface area contributed by atoms with Crippen molar-refractivity contribution in [3.63, 3.8) is 0 Å². The Morgan fingerprint density at radius 3 is 2.74 bits per heavy atom. The summed E-state index contributed by atoms with van der Waals surface area (Å²) in [6.45, 7) is 4.40. The molecule has 0 fully saturated rings. The van der Waals surface area contributed by atoms with E-state index in [1.54, 1.807) is 11.3 Å². The summed E-state index contributed by atoms with van der Waals surface area (Å²) in [5.74, 6) is 5.65. The van der Waals surface area contributed by atoms with E-state index >= 15 is 0 Å². The third-order valence-electron chi connectivity index (χ3n) is 3.54. The van der Waals surface area contributed by atoms with Gasteiger partial charge in [-0.3, -0.25) is 16.0 Å². The topological polar surface area (TPSA) is 55.9 Å². The first-order chi connectivity index (χ1) is 9.28. The van der Waals surface area contributed by atoms with Gasteiger partial charge in [0.25, 0.3) is 0 Å². The first kappa shape index (κ1) is 14.2. The van der Waals surface area contributed by atoms with Gasteiger partial charge in [0.05, 0.1) is 17.8 Å². The zero-order valence-electron chi connectivity index (χ0n) is 11.5. The number of nitrogens with zero attached hydrogens (tertiary/aromatic N) is 2. The van der Waals surface area contributed by atoms with Gasteiger partial charge in [0.15, 0.2) is 0 Å². The largest absolute Gasteiger partial charge is 0.271 e. The first-order valence-corrected chi connectivity index (χ1v) is 7.75. The second kappa shape index (κ2) is 6.84. The molecule has 0 spiro atoms. The summed E-state index contributed by atoms with van der Waals surface area (Å²) in [5, 5.41) is 8.87. The number of hydrazine groups is 1. The highest BCUT2D eigenvalue weighted by Gasteiger charge is 2.14. The third-order valence-corrected chi connectivity index (χ3v) is 4.24. The number of thiophene rings is 1. The van der Waals surface area contributed by atoms with Crippen LogP contribution < -0.4 is 11.3 Å². The fourth-order valence-electron chi connectivity index (χ4n) is 2.31. The Hall–Kier alpha value is -1.17. The molecule has 0 aliphatic heterocycles. The van der Waals surface area contributed by atoms with Crippen molar-refractivity contribution in [2.45, 2.75) is 45.2 Å². The number of hydrogen-bond donors (Lipinski definition) is 2. The SMILES string of the molecule is CCC(CC)n1ccc(CC(NN)c2ccsc2)n1. The van der Waals surface area contributed by atoms with Gasteiger partial charge in [-0.05, 0) is 41.3 Å². The lowest BCUT2D eigenvalue weighted by Gasteiger charge is -2.14. The molecule has 2 heterocycles. The predicted octanol–water partition coefficient (Wildman–Crippen LogP) is 3.05. The van der Waals surface area contributed by atoms with E-state index in [0.29, 0.717) is 6.04 Å². The molecule has 1 atom stereocenters. The van der Waals surface area contributed by atoms with E-state index in [1.165, 1.54) is 5.56 Å². The Bertz CT molecular complexity index is 473. The second-order valence-electron chi connectivity index (χ2n) is 4.74. The summed E-state index contributed by atoms with van der Waals surface area (Å²) in [7, 11) is 0. The normalized spacial score (nSPS) is 13.1. The Morgan fingerprint density at radius 1 is 1.37 bits per heavy atom. The average molecular weight is 278 g/mol. The van der Waals surface area contributed by atoms with Gasteiger partial charge in [0.1, 0.15) is 0 Å². The van der Waals surface area contributed by atoms with Crippen molar-refractivity contribution in [2.24, 2.45) is 5.84 Å². The maximum Gasteiger partial charge on any atom is 0.0644 e. The van der Waals surface area contributed by atoms with Crippen molar-refractivity contribution in [1.29, 1.82) is 0 Å². The van der Waals surface area contributed by atoms with Gasteiger partial charge < -0.3 is 0 Å². The molecule has 2 aromatic rings. The van der Waals surface area contributed by atoms with Gasteiger partial charge in [-0.15, -0.1) is 0 Å². The summed E-state index contributed by atoms with van der Waals surface area (Å²) >= 11 is 1.69. The fraction of sp³-hybridized carbons (Fsp3) is 0.500. The molecular weight excluding hydrogens is 256 g/mol. The zero-order valence-corrected chi connectivity index (χ0v) is 12.4. The van der Waals surface area contributed by atoms with E-state index in [9.17, 15) is 0 Å². The van der Waals surface area contributed by atoms with Gasteiger partial charge >= 0.3 is 0 Å². The zero-order chi connectivity index (χ0) is 13.7. The van der Waals surface area contributed by atoms with Crippen molar-refractivity contribution in [3.05, 3.63) is 40.3 Å². The summed E-state index contributed by atoms with van der Waals surface area (Å²) in [6, 6.07) is 4.83. The minimum Gasteiger partial charge on any atom is -0.271 e. The number of rotatable bonds is 7. The summed E-state index contributed by atoms with van der Waals surface area (Å²) in [4.78, 5) is 0. The van der Waals surface area contributed by atoms with Crippen LogP contribution in [0.1, 0.15) is 50.0 Å². The molecule has 5 heteroatoms. The fourth-order valence-corrected chi connectivity index (χ4v) is 3.02. The number of nitrogens with two attached hydrogens (primary N) is 1. The van der Waals surface area contributed by atoms with Crippen LogP contribution in [0.15, 0.2) is 29.1 Å². The molecule has 2 rings (SSSR count). The number of hydrogen-bond acceptors (Lipinski definition) is 4. The molecule has 0 bridgehead atoms. The van der Waals surface area contributed by atoms with Gasteiger partial charge in [-0.1, -0.05) is 13.8 Å². The van der Waals surface area contributed by atoms with Crippen LogP contribution in [-0.2, 0) is 6.42 Å². The van der Waals surface area contributed by atoms with Gasteiger partial charge in [-0.25, -0.2) is 0 Å². The van der Waals surface area contributed by atoms with E-state index in [0.717, 1.165) is 25.0 Å². The number of aromatic nitrogens is 2. The van der Waals surface area contributed by atoms with Crippen molar-refractivity contribution in [3.8, 4) is 0 Å². The Balaban J connectivity index is 2.06. The number of nitrogens with one attached hydrogen (secondary N) is 1. The van der Waals surface area contributed by atoms with Crippen LogP contribution in [-0.4, -0.2) is 9.78 Å². The van der Waals surface area contributed by atoms with Crippen molar-refractivity contribution < 1.29 is 0 Å². The lowest BCUT2D eigenvalue weighted by Crippen LogP contribution is -2.29. The van der Waals surface area contributed by atoms with Crippen LogP contribution in [0.2, 0.25) is 0 Å². The molecule has 0 saturated heterocycles. The van der Waals surface area contributed by atoms with Crippen LogP contribution in [0, 0.1) is 0 Å². The average Bonchev–Trinajstić information content (AvgIpc) is 3.09. The van der Waals surface area contributed by atoms with Crippen molar-refractivity contribution in [2.75, 3.05) is 0 Å². The quantitative estimate of drug-likeness (QED) is 0.604. The van der Waals surface area contributed by atoms with Gasteiger partial charge in [0.2, 0.25) is 0 Å². The molecule has 0 amide bonds. The molecule has 0 aliphatic rings. The first-order valence-electron chi connectivity index (χ1n) is 6.80.